The molecule has 1 N–H and O–H groups in total. The first kappa shape index (κ1) is 19.4. The molecule has 0 saturated heterocycles. The Bertz CT molecular complexity index is 875. The van der Waals surface area contributed by atoms with Crippen molar-refractivity contribution in [1.82, 2.24) is 20.1 Å². The lowest BCUT2D eigenvalue weighted by atomic mass is 9.53. The van der Waals surface area contributed by atoms with E-state index in [4.69, 9.17) is 11.6 Å². The average molecular weight is 431 g/mol. The number of hydrogen-bond acceptors (Lipinski definition) is 4. The largest absolute Gasteiger partial charge is 0.350 e. The van der Waals surface area contributed by atoms with E-state index < -0.39 is 0 Å². The van der Waals surface area contributed by atoms with Gasteiger partial charge in [0, 0.05) is 22.7 Å². The van der Waals surface area contributed by atoms with E-state index in [2.05, 4.69) is 27.0 Å². The predicted octanol–water partition coefficient (Wildman–Crippen LogP) is 4.80. The Balaban J connectivity index is 1.25. The molecule has 0 atom stereocenters. The topological polar surface area (TPSA) is 59.8 Å². The summed E-state index contributed by atoms with van der Waals surface area (Å²) in [5, 5.41) is 13.6. The van der Waals surface area contributed by atoms with Crippen molar-refractivity contribution in [2.45, 2.75) is 62.7 Å². The molecule has 1 aromatic heterocycles. The fourth-order valence-electron chi connectivity index (χ4n) is 6.22. The van der Waals surface area contributed by atoms with E-state index >= 15 is 0 Å². The molecule has 0 spiro atoms. The summed E-state index contributed by atoms with van der Waals surface area (Å²) in [6, 6.07) is 7.62. The van der Waals surface area contributed by atoms with Gasteiger partial charge in [-0.15, -0.1) is 10.2 Å². The summed E-state index contributed by atoms with van der Waals surface area (Å²) in [5.74, 6) is 3.84. The molecule has 4 aliphatic rings. The van der Waals surface area contributed by atoms with Crippen LogP contribution in [-0.4, -0.2) is 32.0 Å². The van der Waals surface area contributed by atoms with Gasteiger partial charge in [0.05, 0.1) is 5.75 Å². The van der Waals surface area contributed by atoms with Crippen molar-refractivity contribution in [1.29, 1.82) is 0 Å². The first-order chi connectivity index (χ1) is 14.0. The fraction of sp³-hybridized carbons (Fsp3) is 0.591. The van der Waals surface area contributed by atoms with Crippen LogP contribution in [0.2, 0.25) is 5.02 Å². The van der Waals surface area contributed by atoms with Gasteiger partial charge in [-0.25, -0.2) is 0 Å². The van der Waals surface area contributed by atoms with Crippen LogP contribution < -0.4 is 5.32 Å². The molecule has 1 aromatic carbocycles. The van der Waals surface area contributed by atoms with E-state index in [0.717, 1.165) is 40.8 Å². The van der Waals surface area contributed by atoms with Crippen molar-refractivity contribution in [2.75, 3.05) is 5.75 Å². The Labute approximate surface area is 181 Å². The Morgan fingerprint density at radius 1 is 1.14 bits per heavy atom. The Morgan fingerprint density at radius 3 is 2.34 bits per heavy atom. The van der Waals surface area contributed by atoms with Gasteiger partial charge in [-0.3, -0.25) is 4.79 Å². The molecule has 29 heavy (non-hydrogen) atoms. The Hall–Kier alpha value is -1.53. The van der Waals surface area contributed by atoms with Crippen LogP contribution in [0.3, 0.4) is 0 Å². The molecule has 0 radical (unpaired) electrons. The summed E-state index contributed by atoms with van der Waals surface area (Å²) in [6.45, 7) is 2.83. The van der Waals surface area contributed by atoms with Gasteiger partial charge in [-0.1, -0.05) is 23.4 Å². The summed E-state index contributed by atoms with van der Waals surface area (Å²) in [6.07, 6.45) is 7.70. The maximum absolute atomic E-state index is 12.8. The zero-order valence-electron chi connectivity index (χ0n) is 16.7. The number of benzene rings is 1. The molecule has 2 aromatic rings. The monoisotopic (exact) mass is 430 g/mol. The number of carbonyl (C=O) groups is 1. The van der Waals surface area contributed by atoms with Gasteiger partial charge in [0.25, 0.3) is 0 Å². The molecule has 1 amide bonds. The molecule has 4 saturated carbocycles. The SMILES string of the molecule is CCn1c(SCC(=O)NC23CC4CC(CC(C4)C2)C3)nnc1-c1ccc(Cl)cc1. The van der Waals surface area contributed by atoms with Crippen molar-refractivity contribution < 1.29 is 4.79 Å². The van der Waals surface area contributed by atoms with Crippen molar-refractivity contribution in [3.8, 4) is 11.4 Å². The molecule has 154 valence electrons. The van der Waals surface area contributed by atoms with Crippen molar-refractivity contribution >= 4 is 29.3 Å². The highest BCUT2D eigenvalue weighted by Crippen LogP contribution is 2.55. The first-order valence-electron chi connectivity index (χ1n) is 10.7. The second-order valence-electron chi connectivity index (χ2n) is 9.09. The zero-order valence-corrected chi connectivity index (χ0v) is 18.3. The minimum Gasteiger partial charge on any atom is -0.350 e. The summed E-state index contributed by atoms with van der Waals surface area (Å²) in [4.78, 5) is 12.8. The maximum Gasteiger partial charge on any atom is 0.230 e. The predicted molar refractivity (Wildman–Crippen MR) is 116 cm³/mol. The molecule has 6 rings (SSSR count). The highest BCUT2D eigenvalue weighted by Gasteiger charge is 2.51. The minimum absolute atomic E-state index is 0.0687. The van der Waals surface area contributed by atoms with Gasteiger partial charge >= 0.3 is 0 Å². The molecular formula is C22H27ClN4OS. The van der Waals surface area contributed by atoms with E-state index in [-0.39, 0.29) is 11.4 Å². The molecular weight excluding hydrogens is 404 g/mol. The summed E-state index contributed by atoms with van der Waals surface area (Å²) in [7, 11) is 0. The number of amides is 1. The summed E-state index contributed by atoms with van der Waals surface area (Å²) >= 11 is 7.48. The highest BCUT2D eigenvalue weighted by atomic mass is 35.5. The van der Waals surface area contributed by atoms with E-state index in [1.165, 1.54) is 50.3 Å². The summed E-state index contributed by atoms with van der Waals surface area (Å²) < 4.78 is 2.06. The normalized spacial score (nSPS) is 29.9. The van der Waals surface area contributed by atoms with Gasteiger partial charge in [-0.05, 0) is 87.5 Å². The van der Waals surface area contributed by atoms with Crippen LogP contribution >= 0.6 is 23.4 Å². The van der Waals surface area contributed by atoms with Crippen LogP contribution in [0.25, 0.3) is 11.4 Å². The lowest BCUT2D eigenvalue weighted by Crippen LogP contribution is -2.60. The van der Waals surface area contributed by atoms with Crippen LogP contribution in [0, 0.1) is 17.8 Å². The first-order valence-corrected chi connectivity index (χ1v) is 12.0. The average Bonchev–Trinajstić information content (AvgIpc) is 3.08. The number of hydrogen-bond donors (Lipinski definition) is 1. The minimum atomic E-state index is 0.0687. The number of nitrogens with one attached hydrogen (secondary N) is 1. The second-order valence-corrected chi connectivity index (χ2v) is 10.5. The van der Waals surface area contributed by atoms with E-state index in [0.29, 0.717) is 10.8 Å². The summed E-state index contributed by atoms with van der Waals surface area (Å²) in [5.41, 5.74) is 1.05. The molecule has 5 nitrogen and oxygen atoms in total. The van der Waals surface area contributed by atoms with Gasteiger partial charge in [0.1, 0.15) is 0 Å². The molecule has 4 bridgehead atoms. The molecule has 4 fully saturated rings. The van der Waals surface area contributed by atoms with Crippen LogP contribution in [0.15, 0.2) is 29.4 Å². The quantitative estimate of drug-likeness (QED) is 0.669. The fourth-order valence-corrected chi connectivity index (χ4v) is 7.15. The lowest BCUT2D eigenvalue weighted by Gasteiger charge is -2.56. The van der Waals surface area contributed by atoms with Crippen LogP contribution in [-0.2, 0) is 11.3 Å². The third kappa shape index (κ3) is 3.81. The molecule has 0 aliphatic heterocycles. The smallest absolute Gasteiger partial charge is 0.230 e. The third-order valence-corrected chi connectivity index (χ3v) is 8.13. The molecule has 0 unspecified atom stereocenters. The van der Waals surface area contributed by atoms with Gasteiger partial charge in [-0.2, -0.15) is 0 Å². The standard InChI is InChI=1S/C22H27ClN4OS/c1-2-27-20(17-3-5-18(23)6-4-17)25-26-21(27)29-13-19(28)24-22-10-14-7-15(11-22)9-16(8-14)12-22/h3-6,14-16H,2,7-13H2,1H3,(H,24,28). The van der Waals surface area contributed by atoms with E-state index in [9.17, 15) is 4.79 Å². The Kier molecular flexibility index (Phi) is 5.11. The zero-order chi connectivity index (χ0) is 20.0. The number of rotatable bonds is 6. The molecule has 4 aliphatic carbocycles. The number of halogens is 1. The maximum atomic E-state index is 12.8. The highest BCUT2D eigenvalue weighted by molar-refractivity contribution is 7.99. The van der Waals surface area contributed by atoms with Crippen molar-refractivity contribution in [3.05, 3.63) is 29.3 Å². The number of aromatic nitrogens is 3. The number of nitrogens with zero attached hydrogens (tertiary/aromatic N) is 3. The Morgan fingerprint density at radius 2 is 1.76 bits per heavy atom. The molecule has 7 heteroatoms. The van der Waals surface area contributed by atoms with Gasteiger partial charge in [0.15, 0.2) is 11.0 Å². The van der Waals surface area contributed by atoms with Crippen molar-refractivity contribution in [3.63, 3.8) is 0 Å². The van der Waals surface area contributed by atoms with E-state index in [1.807, 2.05) is 24.3 Å². The van der Waals surface area contributed by atoms with Gasteiger partial charge < -0.3 is 9.88 Å². The van der Waals surface area contributed by atoms with Crippen LogP contribution in [0.1, 0.15) is 45.4 Å². The molecule has 1 heterocycles. The van der Waals surface area contributed by atoms with Crippen LogP contribution in [0.5, 0.6) is 0 Å². The van der Waals surface area contributed by atoms with Gasteiger partial charge in [0.2, 0.25) is 5.91 Å². The lowest BCUT2D eigenvalue weighted by molar-refractivity contribution is -0.124. The third-order valence-electron chi connectivity index (χ3n) is 6.91. The number of thioether (sulfide) groups is 1. The van der Waals surface area contributed by atoms with Crippen molar-refractivity contribution in [2.24, 2.45) is 17.8 Å². The van der Waals surface area contributed by atoms with Crippen LogP contribution in [0.4, 0.5) is 0 Å². The number of carbonyl (C=O) groups excluding carboxylic acids is 1. The second kappa shape index (κ2) is 7.62. The van der Waals surface area contributed by atoms with E-state index in [1.54, 1.807) is 0 Å².